The van der Waals surface area contributed by atoms with Crippen molar-refractivity contribution < 1.29 is 33.0 Å². The van der Waals surface area contributed by atoms with Gasteiger partial charge in [0.15, 0.2) is 11.5 Å². The van der Waals surface area contributed by atoms with Gasteiger partial charge in [0.2, 0.25) is 5.91 Å². The van der Waals surface area contributed by atoms with E-state index in [9.17, 15) is 18.4 Å². The lowest BCUT2D eigenvalue weighted by Crippen LogP contribution is -2.27. The lowest BCUT2D eigenvalue weighted by Gasteiger charge is -2.19. The predicted octanol–water partition coefficient (Wildman–Crippen LogP) is 3.20. The number of rotatable bonds is 8. The van der Waals surface area contributed by atoms with E-state index in [4.69, 9.17) is 9.84 Å². The van der Waals surface area contributed by atoms with Crippen LogP contribution in [0.25, 0.3) is 0 Å². The first kappa shape index (κ1) is 20.2. The molecule has 0 saturated carbocycles. The average molecular weight is 379 g/mol. The van der Waals surface area contributed by atoms with Crippen LogP contribution in [0.3, 0.4) is 0 Å². The van der Waals surface area contributed by atoms with Crippen LogP contribution in [-0.2, 0) is 17.8 Å². The third-order valence-electron chi connectivity index (χ3n) is 3.85. The molecule has 0 aliphatic heterocycles. The summed E-state index contributed by atoms with van der Waals surface area (Å²) in [5.41, 5.74) is 1.42. The first-order chi connectivity index (χ1) is 12.8. The van der Waals surface area contributed by atoms with Gasteiger partial charge in [0, 0.05) is 13.6 Å². The number of amides is 1. The summed E-state index contributed by atoms with van der Waals surface area (Å²) in [5.74, 6) is -1.17. The molecule has 0 aromatic heterocycles. The highest BCUT2D eigenvalue weighted by Crippen LogP contribution is 2.29. The number of carbonyl (C=O) groups excluding carboxylic acids is 1. The Balaban J connectivity index is 2.04. The summed E-state index contributed by atoms with van der Waals surface area (Å²) in [6, 6.07) is 10.6. The minimum Gasteiger partial charge on any atom is -0.493 e. The largest absolute Gasteiger partial charge is 0.493 e. The number of carboxylic acids is 1. The van der Waals surface area contributed by atoms with Crippen molar-refractivity contribution in [3.63, 3.8) is 0 Å². The van der Waals surface area contributed by atoms with Crippen molar-refractivity contribution in [1.29, 1.82) is 0 Å². The monoisotopic (exact) mass is 379 g/mol. The topological polar surface area (TPSA) is 76.1 Å². The SMILES string of the molecule is COc1ccc(CN(C)C(=O)Cc2ccc(C(=O)O)cc2)cc1OC(F)F. The highest BCUT2D eigenvalue weighted by molar-refractivity contribution is 5.87. The van der Waals surface area contributed by atoms with E-state index in [-0.39, 0.29) is 35.9 Å². The molecule has 0 spiro atoms. The van der Waals surface area contributed by atoms with Crippen LogP contribution in [0.15, 0.2) is 42.5 Å². The van der Waals surface area contributed by atoms with E-state index in [1.54, 1.807) is 25.2 Å². The molecule has 0 atom stereocenters. The number of alkyl halides is 2. The molecular formula is C19H19F2NO5. The quantitative estimate of drug-likeness (QED) is 0.762. The van der Waals surface area contributed by atoms with Crippen molar-refractivity contribution in [3.8, 4) is 11.5 Å². The lowest BCUT2D eigenvalue weighted by atomic mass is 10.1. The number of carbonyl (C=O) groups is 2. The van der Waals surface area contributed by atoms with Gasteiger partial charge < -0.3 is 19.5 Å². The van der Waals surface area contributed by atoms with Gasteiger partial charge in [0.1, 0.15) is 0 Å². The van der Waals surface area contributed by atoms with Crippen LogP contribution in [0.1, 0.15) is 21.5 Å². The summed E-state index contributed by atoms with van der Waals surface area (Å²) in [4.78, 5) is 24.6. The minimum absolute atomic E-state index is 0.0902. The Labute approximate surface area is 154 Å². The number of carboxylic acid groups (broad SMARTS) is 1. The molecule has 2 rings (SSSR count). The van der Waals surface area contributed by atoms with Gasteiger partial charge in [-0.25, -0.2) is 4.79 Å². The number of ether oxygens (including phenoxy) is 2. The highest BCUT2D eigenvalue weighted by Gasteiger charge is 2.15. The average Bonchev–Trinajstić information content (AvgIpc) is 2.61. The van der Waals surface area contributed by atoms with Crippen LogP contribution >= 0.6 is 0 Å². The van der Waals surface area contributed by atoms with E-state index in [2.05, 4.69) is 4.74 Å². The number of halogens is 2. The van der Waals surface area contributed by atoms with Crippen LogP contribution in [0.4, 0.5) is 8.78 Å². The molecule has 2 aromatic carbocycles. The first-order valence-corrected chi connectivity index (χ1v) is 7.98. The third kappa shape index (κ3) is 5.67. The van der Waals surface area contributed by atoms with E-state index < -0.39 is 12.6 Å². The fraction of sp³-hybridized carbons (Fsp3) is 0.263. The summed E-state index contributed by atoms with van der Waals surface area (Å²) in [5, 5.41) is 8.88. The van der Waals surface area contributed by atoms with E-state index in [1.165, 1.54) is 36.3 Å². The summed E-state index contributed by atoms with van der Waals surface area (Å²) < 4.78 is 34.4. The van der Waals surface area contributed by atoms with Crippen molar-refractivity contribution >= 4 is 11.9 Å². The molecular weight excluding hydrogens is 360 g/mol. The Morgan fingerprint density at radius 3 is 2.26 bits per heavy atom. The number of hydrogen-bond donors (Lipinski definition) is 1. The molecule has 2 aromatic rings. The van der Waals surface area contributed by atoms with Crippen molar-refractivity contribution in [2.24, 2.45) is 0 Å². The van der Waals surface area contributed by atoms with Crippen molar-refractivity contribution in [2.45, 2.75) is 19.6 Å². The molecule has 1 N–H and O–H groups in total. The number of nitrogens with zero attached hydrogens (tertiary/aromatic N) is 1. The van der Waals surface area contributed by atoms with Gasteiger partial charge in [-0.15, -0.1) is 0 Å². The Morgan fingerprint density at radius 1 is 1.07 bits per heavy atom. The van der Waals surface area contributed by atoms with Crippen LogP contribution in [-0.4, -0.2) is 42.7 Å². The maximum absolute atomic E-state index is 12.5. The molecule has 0 heterocycles. The van der Waals surface area contributed by atoms with E-state index in [0.29, 0.717) is 11.1 Å². The molecule has 6 nitrogen and oxygen atoms in total. The maximum atomic E-state index is 12.5. The minimum atomic E-state index is -2.98. The second kappa shape index (κ2) is 8.98. The van der Waals surface area contributed by atoms with Gasteiger partial charge in [-0.2, -0.15) is 8.78 Å². The summed E-state index contributed by atoms with van der Waals surface area (Å²) in [6.45, 7) is -2.79. The lowest BCUT2D eigenvalue weighted by molar-refractivity contribution is -0.129. The van der Waals surface area contributed by atoms with Crippen LogP contribution in [0, 0.1) is 0 Å². The zero-order valence-corrected chi connectivity index (χ0v) is 14.8. The van der Waals surface area contributed by atoms with Gasteiger partial charge >= 0.3 is 12.6 Å². The third-order valence-corrected chi connectivity index (χ3v) is 3.85. The molecule has 27 heavy (non-hydrogen) atoms. The Hall–Kier alpha value is -3.16. The van der Waals surface area contributed by atoms with E-state index in [1.807, 2.05) is 0 Å². The number of methoxy groups -OCH3 is 1. The predicted molar refractivity (Wildman–Crippen MR) is 93.2 cm³/mol. The molecule has 0 bridgehead atoms. The molecule has 0 unspecified atom stereocenters. The summed E-state index contributed by atoms with van der Waals surface area (Å²) in [7, 11) is 2.93. The van der Waals surface area contributed by atoms with Gasteiger partial charge in [0.25, 0.3) is 0 Å². The van der Waals surface area contributed by atoms with Crippen LogP contribution in [0.5, 0.6) is 11.5 Å². The molecule has 0 saturated heterocycles. The van der Waals surface area contributed by atoms with Gasteiger partial charge in [0.05, 0.1) is 19.1 Å². The normalized spacial score (nSPS) is 10.6. The number of hydrogen-bond acceptors (Lipinski definition) is 4. The number of likely N-dealkylation sites (N-methyl/N-ethyl adjacent to an activating group) is 1. The van der Waals surface area contributed by atoms with Crippen molar-refractivity contribution in [2.75, 3.05) is 14.2 Å². The van der Waals surface area contributed by atoms with E-state index in [0.717, 1.165) is 0 Å². The van der Waals surface area contributed by atoms with Crippen LogP contribution in [0.2, 0.25) is 0 Å². The fourth-order valence-corrected chi connectivity index (χ4v) is 2.44. The highest BCUT2D eigenvalue weighted by atomic mass is 19.3. The molecule has 0 radical (unpaired) electrons. The van der Waals surface area contributed by atoms with Gasteiger partial charge in [-0.05, 0) is 35.4 Å². The maximum Gasteiger partial charge on any atom is 0.387 e. The standard InChI is InChI=1S/C19H19F2NO5/c1-22(17(23)10-12-3-6-14(7-4-12)18(24)25)11-13-5-8-15(26-2)16(9-13)27-19(20)21/h3-9,19H,10-11H2,1-2H3,(H,24,25). The first-order valence-electron chi connectivity index (χ1n) is 7.98. The molecule has 0 fully saturated rings. The fourth-order valence-electron chi connectivity index (χ4n) is 2.44. The second-order valence-electron chi connectivity index (χ2n) is 5.79. The van der Waals surface area contributed by atoms with Gasteiger partial charge in [-0.1, -0.05) is 18.2 Å². The Kier molecular flexibility index (Phi) is 6.70. The van der Waals surface area contributed by atoms with Crippen LogP contribution < -0.4 is 9.47 Å². The summed E-state index contributed by atoms with van der Waals surface area (Å²) in [6.07, 6.45) is 0.0902. The molecule has 1 amide bonds. The molecule has 8 heteroatoms. The Bertz CT molecular complexity index is 808. The van der Waals surface area contributed by atoms with Gasteiger partial charge in [-0.3, -0.25) is 4.79 Å². The second-order valence-corrected chi connectivity index (χ2v) is 5.79. The smallest absolute Gasteiger partial charge is 0.387 e. The zero-order chi connectivity index (χ0) is 20.0. The zero-order valence-electron chi connectivity index (χ0n) is 14.8. The Morgan fingerprint density at radius 2 is 1.70 bits per heavy atom. The number of benzene rings is 2. The van der Waals surface area contributed by atoms with E-state index >= 15 is 0 Å². The number of aromatic carboxylic acids is 1. The molecule has 0 aliphatic carbocycles. The van der Waals surface area contributed by atoms with Crippen molar-refractivity contribution in [3.05, 3.63) is 59.2 Å². The molecule has 0 aliphatic rings. The molecule has 144 valence electrons. The van der Waals surface area contributed by atoms with Crippen molar-refractivity contribution in [1.82, 2.24) is 4.90 Å². The summed E-state index contributed by atoms with van der Waals surface area (Å²) >= 11 is 0.